The van der Waals surface area contributed by atoms with Gasteiger partial charge in [-0.25, -0.2) is 0 Å². The number of pyridine rings is 1. The second-order valence-corrected chi connectivity index (χ2v) is 8.86. The number of benzene rings is 1. The van der Waals surface area contributed by atoms with Gasteiger partial charge in [-0.2, -0.15) is 0 Å². The van der Waals surface area contributed by atoms with E-state index in [1.807, 2.05) is 36.5 Å². The number of hydrogen-bond donors (Lipinski definition) is 2. The average molecular weight is 361 g/mol. The van der Waals surface area contributed by atoms with Crippen LogP contribution in [0.1, 0.15) is 40.5 Å². The van der Waals surface area contributed by atoms with Gasteiger partial charge in [0.15, 0.2) is 0 Å². The van der Waals surface area contributed by atoms with Gasteiger partial charge in [-0.15, -0.1) is 10.2 Å². The highest BCUT2D eigenvalue weighted by Gasteiger charge is 2.37. The topological polar surface area (TPSA) is 62.7 Å². The number of hydrogen-bond acceptors (Lipinski definition) is 5. The second-order valence-electron chi connectivity index (χ2n) is 8.86. The van der Waals surface area contributed by atoms with Gasteiger partial charge >= 0.3 is 0 Å². The molecule has 1 fully saturated rings. The summed E-state index contributed by atoms with van der Waals surface area (Å²) >= 11 is 0. The fourth-order valence-corrected chi connectivity index (χ4v) is 4.41. The van der Waals surface area contributed by atoms with Gasteiger partial charge in [0.2, 0.25) is 0 Å². The molecule has 1 saturated heterocycles. The smallest absolute Gasteiger partial charge is 0.148 e. The molecule has 3 aromatic rings. The molecule has 1 aromatic carbocycles. The molecule has 1 aliphatic heterocycles. The van der Waals surface area contributed by atoms with Crippen LogP contribution in [-0.2, 0) is 0 Å². The van der Waals surface area contributed by atoms with Crippen molar-refractivity contribution in [3.63, 3.8) is 0 Å². The van der Waals surface area contributed by atoms with E-state index >= 15 is 0 Å². The lowest BCUT2D eigenvalue weighted by Gasteiger charge is -2.46. The monoisotopic (exact) mass is 361 g/mol. The Kier molecular flexibility index (Phi) is 4.35. The summed E-state index contributed by atoms with van der Waals surface area (Å²) in [6.07, 6.45) is 3.96. The first-order valence-electron chi connectivity index (χ1n) is 9.55. The van der Waals surface area contributed by atoms with E-state index in [-0.39, 0.29) is 11.1 Å². The average Bonchev–Trinajstić information content (AvgIpc) is 2.59. The lowest BCUT2D eigenvalue weighted by Crippen LogP contribution is -2.60. The first kappa shape index (κ1) is 17.9. The first-order chi connectivity index (χ1) is 12.8. The third-order valence-electron chi connectivity index (χ3n) is 5.09. The van der Waals surface area contributed by atoms with E-state index in [0.29, 0.717) is 6.04 Å². The van der Waals surface area contributed by atoms with Crippen LogP contribution in [0, 0.1) is 0 Å². The predicted molar refractivity (Wildman–Crippen MR) is 111 cm³/mol. The van der Waals surface area contributed by atoms with Crippen LogP contribution in [0.4, 0.5) is 5.82 Å². The van der Waals surface area contributed by atoms with Gasteiger partial charge in [0, 0.05) is 34.3 Å². The zero-order chi connectivity index (χ0) is 19.1. The first-order valence-corrected chi connectivity index (χ1v) is 9.55. The van der Waals surface area contributed by atoms with E-state index in [9.17, 15) is 0 Å². The van der Waals surface area contributed by atoms with Gasteiger partial charge in [0.05, 0.1) is 11.2 Å². The number of rotatable bonds is 3. The molecule has 0 aliphatic carbocycles. The summed E-state index contributed by atoms with van der Waals surface area (Å²) in [6, 6.07) is 14.6. The molecule has 2 N–H and O–H groups in total. The SMILES string of the molecule is CC1(C)CC(Nc2ccc(-c3cnc4ccccc4c3)nn2)CC(C)(C)N1. The highest BCUT2D eigenvalue weighted by Crippen LogP contribution is 2.30. The molecular weight excluding hydrogens is 334 g/mol. The van der Waals surface area contributed by atoms with Crippen LogP contribution in [0.25, 0.3) is 22.2 Å². The fourth-order valence-electron chi connectivity index (χ4n) is 4.41. The van der Waals surface area contributed by atoms with Crippen LogP contribution in [0.15, 0.2) is 48.7 Å². The zero-order valence-corrected chi connectivity index (χ0v) is 16.5. The quantitative estimate of drug-likeness (QED) is 0.723. The minimum atomic E-state index is 0.101. The van der Waals surface area contributed by atoms with Crippen LogP contribution in [0.5, 0.6) is 0 Å². The molecule has 1 aliphatic rings. The lowest BCUT2D eigenvalue weighted by molar-refractivity contribution is 0.170. The molecule has 0 spiro atoms. The van der Waals surface area contributed by atoms with Crippen molar-refractivity contribution in [2.45, 2.75) is 57.7 Å². The maximum atomic E-state index is 4.52. The van der Waals surface area contributed by atoms with Crippen molar-refractivity contribution in [3.05, 3.63) is 48.7 Å². The maximum absolute atomic E-state index is 4.52. The Morgan fingerprint density at radius 1 is 0.963 bits per heavy atom. The maximum Gasteiger partial charge on any atom is 0.148 e. The fraction of sp³-hybridized carbons (Fsp3) is 0.409. The highest BCUT2D eigenvalue weighted by atomic mass is 15.2. The molecule has 27 heavy (non-hydrogen) atoms. The summed E-state index contributed by atoms with van der Waals surface area (Å²) in [5.74, 6) is 0.825. The van der Waals surface area contributed by atoms with Crippen molar-refractivity contribution < 1.29 is 0 Å². The summed E-state index contributed by atoms with van der Waals surface area (Å²) < 4.78 is 0. The van der Waals surface area contributed by atoms with E-state index in [1.54, 1.807) is 0 Å². The molecule has 0 bridgehead atoms. The Labute approximate surface area is 160 Å². The van der Waals surface area contributed by atoms with Crippen molar-refractivity contribution in [1.29, 1.82) is 0 Å². The summed E-state index contributed by atoms with van der Waals surface area (Å²) in [4.78, 5) is 4.52. The zero-order valence-electron chi connectivity index (χ0n) is 16.5. The predicted octanol–water partition coefficient (Wildman–Crippen LogP) is 4.41. The van der Waals surface area contributed by atoms with Crippen molar-refractivity contribution in [1.82, 2.24) is 20.5 Å². The van der Waals surface area contributed by atoms with E-state index < -0.39 is 0 Å². The number of piperidine rings is 1. The van der Waals surface area contributed by atoms with Gasteiger partial charge in [-0.1, -0.05) is 18.2 Å². The van der Waals surface area contributed by atoms with Crippen molar-refractivity contribution in [2.75, 3.05) is 5.32 Å². The van der Waals surface area contributed by atoms with E-state index in [1.165, 1.54) is 0 Å². The highest BCUT2D eigenvalue weighted by molar-refractivity contribution is 5.82. The van der Waals surface area contributed by atoms with Crippen LogP contribution in [-0.4, -0.2) is 32.3 Å². The standard InChI is InChI=1S/C22H27N5/c1-21(2)12-17(13-22(3,4)27-21)24-20-10-9-19(25-26-20)16-11-15-7-5-6-8-18(15)23-14-16/h5-11,14,17,27H,12-13H2,1-4H3,(H,24,26). The molecule has 140 valence electrons. The van der Waals surface area contributed by atoms with Gasteiger partial charge in [0.25, 0.3) is 0 Å². The summed E-state index contributed by atoms with van der Waals surface area (Å²) in [5, 5.41) is 17.2. The molecule has 0 unspecified atom stereocenters. The Balaban J connectivity index is 1.51. The number of fused-ring (bicyclic) bond motifs is 1. The van der Waals surface area contributed by atoms with Crippen LogP contribution in [0.3, 0.4) is 0 Å². The third kappa shape index (κ3) is 4.08. The van der Waals surface area contributed by atoms with E-state index in [2.05, 4.69) is 65.6 Å². The third-order valence-corrected chi connectivity index (χ3v) is 5.09. The molecule has 0 atom stereocenters. The number of anilines is 1. The molecule has 0 amide bonds. The lowest BCUT2D eigenvalue weighted by atomic mass is 9.79. The van der Waals surface area contributed by atoms with E-state index in [0.717, 1.165) is 40.8 Å². The van der Waals surface area contributed by atoms with Crippen molar-refractivity contribution in [3.8, 4) is 11.3 Å². The van der Waals surface area contributed by atoms with Gasteiger partial charge in [0.1, 0.15) is 5.82 Å². The number of nitrogens with zero attached hydrogens (tertiary/aromatic N) is 3. The normalized spacial score (nSPS) is 19.1. The Hall–Kier alpha value is -2.53. The van der Waals surface area contributed by atoms with Crippen LogP contribution in [0.2, 0.25) is 0 Å². The van der Waals surface area contributed by atoms with Crippen LogP contribution < -0.4 is 10.6 Å². The molecule has 3 heterocycles. The Morgan fingerprint density at radius 3 is 2.41 bits per heavy atom. The molecular formula is C22H27N5. The minimum absolute atomic E-state index is 0.101. The van der Waals surface area contributed by atoms with Crippen molar-refractivity contribution >= 4 is 16.7 Å². The van der Waals surface area contributed by atoms with E-state index in [4.69, 9.17) is 0 Å². The van der Waals surface area contributed by atoms with Crippen LogP contribution >= 0.6 is 0 Å². The summed E-state index contributed by atoms with van der Waals surface area (Å²) in [5.41, 5.74) is 3.01. The minimum Gasteiger partial charge on any atom is -0.366 e. The number of aromatic nitrogens is 3. The molecule has 0 saturated carbocycles. The van der Waals surface area contributed by atoms with Gasteiger partial charge in [-0.05, 0) is 64.8 Å². The number of nitrogens with one attached hydrogen (secondary N) is 2. The molecule has 2 aromatic heterocycles. The van der Waals surface area contributed by atoms with Crippen molar-refractivity contribution in [2.24, 2.45) is 0 Å². The summed E-state index contributed by atoms with van der Waals surface area (Å²) in [6.45, 7) is 9.02. The molecule has 0 radical (unpaired) electrons. The molecule has 5 nitrogen and oxygen atoms in total. The van der Waals surface area contributed by atoms with Gasteiger partial charge in [-0.3, -0.25) is 4.98 Å². The number of para-hydroxylation sites is 1. The molecule has 4 rings (SSSR count). The Bertz CT molecular complexity index is 930. The summed E-state index contributed by atoms with van der Waals surface area (Å²) in [7, 11) is 0. The largest absolute Gasteiger partial charge is 0.366 e. The Morgan fingerprint density at radius 2 is 1.70 bits per heavy atom. The molecule has 5 heteroatoms. The second kappa shape index (κ2) is 6.57. The van der Waals surface area contributed by atoms with Gasteiger partial charge < -0.3 is 10.6 Å².